The summed E-state index contributed by atoms with van der Waals surface area (Å²) in [4.78, 5) is 0. The molecule has 1 saturated heterocycles. The van der Waals surface area contributed by atoms with Crippen LogP contribution in [0.15, 0.2) is 30.3 Å². The summed E-state index contributed by atoms with van der Waals surface area (Å²) in [6.07, 6.45) is 18.0. The van der Waals surface area contributed by atoms with Crippen molar-refractivity contribution >= 4 is 6.08 Å². The minimum atomic E-state index is -0.160. The van der Waals surface area contributed by atoms with Crippen molar-refractivity contribution < 1.29 is 13.9 Å². The first kappa shape index (κ1) is 20.1. The highest BCUT2D eigenvalue weighted by Crippen LogP contribution is 2.42. The van der Waals surface area contributed by atoms with Crippen LogP contribution in [0.1, 0.15) is 69.8 Å². The summed E-state index contributed by atoms with van der Waals surface area (Å²) >= 11 is 0. The third-order valence-electron chi connectivity index (χ3n) is 7.31. The van der Waals surface area contributed by atoms with Gasteiger partial charge in [0.15, 0.2) is 6.29 Å². The van der Waals surface area contributed by atoms with Gasteiger partial charge in [-0.3, -0.25) is 0 Å². The lowest BCUT2D eigenvalue weighted by atomic mass is 9.68. The van der Waals surface area contributed by atoms with E-state index >= 15 is 0 Å². The molecular weight excluding hydrogens is 351 g/mol. The van der Waals surface area contributed by atoms with Gasteiger partial charge in [0, 0.05) is 0 Å². The van der Waals surface area contributed by atoms with Crippen LogP contribution in [0.5, 0.6) is 0 Å². The van der Waals surface area contributed by atoms with Crippen molar-refractivity contribution in [1.29, 1.82) is 0 Å². The molecule has 4 rings (SSSR count). The standard InChI is InChI=1S/C25H35FO2/c26-24-14-7-20(8-15-24)2-1-19-3-10-22(11-4-19)23-12-5-21(6-13-23)9-16-25-27-17-18-28-25/h1-2,7-8,14-15,19,21-23,25H,3-6,9-13,16-18H2. The van der Waals surface area contributed by atoms with Gasteiger partial charge in [0.1, 0.15) is 5.82 Å². The van der Waals surface area contributed by atoms with E-state index in [0.29, 0.717) is 5.92 Å². The normalized spacial score (nSPS) is 32.2. The van der Waals surface area contributed by atoms with Gasteiger partial charge in [0.2, 0.25) is 0 Å². The van der Waals surface area contributed by atoms with Crippen molar-refractivity contribution in [2.45, 2.75) is 70.5 Å². The molecule has 1 aromatic rings. The average Bonchev–Trinajstić information content (AvgIpc) is 3.26. The first-order valence-corrected chi connectivity index (χ1v) is 11.4. The Hall–Kier alpha value is -1.19. The molecule has 3 aliphatic rings. The van der Waals surface area contributed by atoms with Gasteiger partial charge in [-0.05, 0) is 92.7 Å². The molecule has 0 N–H and O–H groups in total. The summed E-state index contributed by atoms with van der Waals surface area (Å²) < 4.78 is 24.2. The highest BCUT2D eigenvalue weighted by Gasteiger charge is 2.30. The Kier molecular flexibility index (Phi) is 7.20. The Labute approximate surface area is 169 Å². The van der Waals surface area contributed by atoms with E-state index in [1.165, 1.54) is 57.8 Å². The number of rotatable bonds is 6. The van der Waals surface area contributed by atoms with Crippen LogP contribution in [0.25, 0.3) is 6.08 Å². The number of ether oxygens (including phenoxy) is 2. The molecule has 0 amide bonds. The van der Waals surface area contributed by atoms with E-state index in [9.17, 15) is 4.39 Å². The number of hydrogen-bond donors (Lipinski definition) is 0. The van der Waals surface area contributed by atoms with Crippen molar-refractivity contribution in [3.05, 3.63) is 41.7 Å². The zero-order valence-electron chi connectivity index (χ0n) is 17.0. The first-order chi connectivity index (χ1) is 13.8. The maximum atomic E-state index is 13.0. The summed E-state index contributed by atoms with van der Waals surface area (Å²) in [5, 5.41) is 0. The predicted octanol–water partition coefficient (Wildman–Crippen LogP) is 6.60. The first-order valence-electron chi connectivity index (χ1n) is 11.4. The third kappa shape index (κ3) is 5.67. The Morgan fingerprint density at radius 2 is 1.39 bits per heavy atom. The van der Waals surface area contributed by atoms with Crippen molar-refractivity contribution in [3.8, 4) is 0 Å². The molecule has 0 aromatic heterocycles. The van der Waals surface area contributed by atoms with Crippen LogP contribution in [0, 0.1) is 29.5 Å². The summed E-state index contributed by atoms with van der Waals surface area (Å²) in [7, 11) is 0. The van der Waals surface area contributed by atoms with E-state index in [4.69, 9.17) is 9.47 Å². The lowest BCUT2D eigenvalue weighted by molar-refractivity contribution is -0.0514. The van der Waals surface area contributed by atoms with Gasteiger partial charge in [-0.1, -0.05) is 37.1 Å². The zero-order valence-corrected chi connectivity index (χ0v) is 17.0. The number of allylic oxidation sites excluding steroid dienone is 1. The van der Waals surface area contributed by atoms with E-state index in [1.807, 2.05) is 12.1 Å². The summed E-state index contributed by atoms with van der Waals surface area (Å²) in [5.41, 5.74) is 1.11. The Morgan fingerprint density at radius 1 is 0.786 bits per heavy atom. The fourth-order valence-corrected chi connectivity index (χ4v) is 5.52. The molecule has 0 atom stereocenters. The van der Waals surface area contributed by atoms with E-state index in [2.05, 4.69) is 12.2 Å². The van der Waals surface area contributed by atoms with Crippen molar-refractivity contribution in [1.82, 2.24) is 0 Å². The van der Waals surface area contributed by atoms with Gasteiger partial charge >= 0.3 is 0 Å². The van der Waals surface area contributed by atoms with Gasteiger partial charge < -0.3 is 9.47 Å². The smallest absolute Gasteiger partial charge is 0.157 e. The van der Waals surface area contributed by atoms with Crippen molar-refractivity contribution in [3.63, 3.8) is 0 Å². The van der Waals surface area contributed by atoms with Gasteiger partial charge in [0.25, 0.3) is 0 Å². The maximum absolute atomic E-state index is 13.0. The van der Waals surface area contributed by atoms with Gasteiger partial charge in [-0.25, -0.2) is 4.39 Å². The fourth-order valence-electron chi connectivity index (χ4n) is 5.52. The van der Waals surface area contributed by atoms with Crippen LogP contribution in [-0.4, -0.2) is 19.5 Å². The number of benzene rings is 1. The molecule has 1 heterocycles. The molecular formula is C25H35FO2. The quantitative estimate of drug-likeness (QED) is 0.548. The Morgan fingerprint density at radius 3 is 2.04 bits per heavy atom. The van der Waals surface area contributed by atoms with Gasteiger partial charge in [0.05, 0.1) is 13.2 Å². The highest BCUT2D eigenvalue weighted by molar-refractivity contribution is 5.49. The van der Waals surface area contributed by atoms with E-state index < -0.39 is 0 Å². The molecule has 0 radical (unpaired) electrons. The van der Waals surface area contributed by atoms with Gasteiger partial charge in [-0.2, -0.15) is 0 Å². The molecule has 154 valence electrons. The zero-order chi connectivity index (χ0) is 19.2. The molecule has 0 spiro atoms. The van der Waals surface area contributed by atoms with Crippen LogP contribution in [0.3, 0.4) is 0 Å². The molecule has 3 fully saturated rings. The molecule has 28 heavy (non-hydrogen) atoms. The van der Waals surface area contributed by atoms with E-state index in [0.717, 1.165) is 43.0 Å². The van der Waals surface area contributed by atoms with Crippen LogP contribution < -0.4 is 0 Å². The number of hydrogen-bond acceptors (Lipinski definition) is 2. The molecule has 2 saturated carbocycles. The van der Waals surface area contributed by atoms with Crippen LogP contribution >= 0.6 is 0 Å². The second kappa shape index (κ2) is 10.0. The Balaban J connectivity index is 1.15. The summed E-state index contributed by atoms with van der Waals surface area (Å²) in [6.45, 7) is 1.55. The molecule has 2 aliphatic carbocycles. The maximum Gasteiger partial charge on any atom is 0.157 e. The van der Waals surface area contributed by atoms with Crippen LogP contribution in [-0.2, 0) is 9.47 Å². The van der Waals surface area contributed by atoms with Crippen molar-refractivity contribution in [2.24, 2.45) is 23.7 Å². The van der Waals surface area contributed by atoms with Crippen molar-refractivity contribution in [2.75, 3.05) is 13.2 Å². The number of halogens is 1. The largest absolute Gasteiger partial charge is 0.350 e. The summed E-state index contributed by atoms with van der Waals surface area (Å²) in [6, 6.07) is 6.81. The molecule has 1 aliphatic heterocycles. The average molecular weight is 387 g/mol. The minimum Gasteiger partial charge on any atom is -0.350 e. The monoisotopic (exact) mass is 386 g/mol. The fraction of sp³-hybridized carbons (Fsp3) is 0.680. The topological polar surface area (TPSA) is 18.5 Å². The van der Waals surface area contributed by atoms with E-state index in [1.54, 1.807) is 12.1 Å². The van der Waals surface area contributed by atoms with Gasteiger partial charge in [-0.15, -0.1) is 0 Å². The predicted molar refractivity (Wildman–Crippen MR) is 111 cm³/mol. The second-order valence-corrected chi connectivity index (χ2v) is 9.11. The second-order valence-electron chi connectivity index (χ2n) is 9.11. The lowest BCUT2D eigenvalue weighted by Crippen LogP contribution is -2.26. The molecule has 1 aromatic carbocycles. The minimum absolute atomic E-state index is 0.0796. The highest BCUT2D eigenvalue weighted by atomic mass is 19.1. The third-order valence-corrected chi connectivity index (χ3v) is 7.31. The Bertz CT molecular complexity index is 604. The van der Waals surface area contributed by atoms with Crippen LogP contribution in [0.2, 0.25) is 0 Å². The molecule has 0 bridgehead atoms. The van der Waals surface area contributed by atoms with Crippen LogP contribution in [0.4, 0.5) is 4.39 Å². The lowest BCUT2D eigenvalue weighted by Gasteiger charge is -2.37. The molecule has 3 heteroatoms. The van der Waals surface area contributed by atoms with E-state index in [-0.39, 0.29) is 12.1 Å². The summed E-state index contributed by atoms with van der Waals surface area (Å²) in [5.74, 6) is 3.32. The SMILES string of the molecule is Fc1ccc(C=CC2CCC(C3CCC(CCC4OCCO4)CC3)CC2)cc1. The molecule has 2 nitrogen and oxygen atoms in total. The molecule has 0 unspecified atom stereocenters.